The number of carbonyl (C=O) groups excluding carboxylic acids is 2. The van der Waals surface area contributed by atoms with E-state index in [-0.39, 0.29) is 29.4 Å². The number of aromatic nitrogens is 2. The number of halogens is 2. The molecule has 0 unspecified atom stereocenters. The van der Waals surface area contributed by atoms with E-state index >= 15 is 4.39 Å². The maximum atomic E-state index is 15.3. The first-order valence-corrected chi connectivity index (χ1v) is 16.0. The number of nitrogens with zero attached hydrogens (tertiary/aromatic N) is 2. The van der Waals surface area contributed by atoms with Crippen molar-refractivity contribution in [3.63, 3.8) is 0 Å². The fourth-order valence-corrected chi connectivity index (χ4v) is 6.69. The molecule has 0 aliphatic carbocycles. The Kier molecular flexibility index (Phi) is 11.9. The van der Waals surface area contributed by atoms with Crippen LogP contribution in [0.25, 0.3) is 0 Å². The zero-order valence-corrected chi connectivity index (χ0v) is 25.7. The van der Waals surface area contributed by atoms with Crippen molar-refractivity contribution in [3.05, 3.63) is 22.7 Å². The summed E-state index contributed by atoms with van der Waals surface area (Å²) in [6, 6.07) is 0.294. The first kappa shape index (κ1) is 34.0. The summed E-state index contributed by atoms with van der Waals surface area (Å²) in [5.74, 6) is -0.457. The number of thioether (sulfide) groups is 1. The molecule has 4 N–H and O–H groups in total. The van der Waals surface area contributed by atoms with Crippen molar-refractivity contribution < 1.29 is 37.6 Å². The number of hydrogen-bond donors (Lipinski definition) is 3. The van der Waals surface area contributed by atoms with Gasteiger partial charge < -0.3 is 29.4 Å². The van der Waals surface area contributed by atoms with Crippen LogP contribution in [0.2, 0.25) is 0 Å². The maximum absolute atomic E-state index is 15.3. The van der Waals surface area contributed by atoms with Crippen molar-refractivity contribution in [1.82, 2.24) is 14.6 Å². The maximum Gasteiger partial charge on any atom is 0.351 e. The van der Waals surface area contributed by atoms with Gasteiger partial charge in [-0.05, 0) is 38.6 Å². The Labute approximate surface area is 240 Å². The standard InChI is InChI=1S/C22H35ClFN4O8PS2/c1-12(2)35-17(30)13(3)27-37(38,33-9-10-39-19(31)21(4,5)6)34-11-14-16(29)22(23,24)18(36-14)28-8-7-15(25)26-20(28)32/h7-8,12-14,16,18,29H,9-11H2,1-6H3,(H,27,38)(H2,25,26,32)/t13-,14-,16-,18-,22+,37+/m1/s1. The monoisotopic (exact) mass is 632 g/mol. The molecule has 1 saturated heterocycles. The molecule has 2 rings (SSSR count). The minimum atomic E-state index is -3.50. The SMILES string of the molecule is CC(C)OC(=O)[C@@H](C)N[P@](=S)(OCCSC(=O)C(C)(C)C)OC[C@H]1O[C@@H](n2ccc(N)nc2=O)[C@](F)(Cl)[C@@H]1O. The minimum absolute atomic E-state index is 0.0194. The molecule has 39 heavy (non-hydrogen) atoms. The summed E-state index contributed by atoms with van der Waals surface area (Å²) in [6.45, 7) is 6.20. The highest BCUT2D eigenvalue weighted by Crippen LogP contribution is 2.48. The Hall–Kier alpha value is -1.16. The molecule has 0 bridgehead atoms. The van der Waals surface area contributed by atoms with Crippen molar-refractivity contribution in [2.45, 2.75) is 77.3 Å². The number of alkyl halides is 2. The van der Waals surface area contributed by atoms with Gasteiger partial charge in [-0.2, -0.15) is 4.98 Å². The van der Waals surface area contributed by atoms with E-state index in [1.54, 1.807) is 34.6 Å². The van der Waals surface area contributed by atoms with Crippen LogP contribution < -0.4 is 16.5 Å². The Morgan fingerprint density at radius 1 is 1.41 bits per heavy atom. The van der Waals surface area contributed by atoms with Gasteiger partial charge in [0.25, 0.3) is 11.8 Å². The lowest BCUT2D eigenvalue weighted by Gasteiger charge is -2.28. The van der Waals surface area contributed by atoms with Gasteiger partial charge in [-0.25, -0.2) is 14.3 Å². The fourth-order valence-electron chi connectivity index (χ4n) is 3.13. The molecule has 0 saturated carbocycles. The lowest BCUT2D eigenvalue weighted by Crippen LogP contribution is -2.41. The van der Waals surface area contributed by atoms with E-state index < -0.39 is 59.9 Å². The molecule has 222 valence electrons. The molecular formula is C22H35ClFN4O8PS2. The molecule has 2 heterocycles. The Morgan fingerprint density at radius 2 is 2.05 bits per heavy atom. The van der Waals surface area contributed by atoms with E-state index in [0.29, 0.717) is 0 Å². The lowest BCUT2D eigenvalue weighted by molar-refractivity contribution is -0.149. The number of aliphatic hydroxyl groups excluding tert-OH is 1. The average Bonchev–Trinajstić information content (AvgIpc) is 3.03. The molecule has 0 aromatic carbocycles. The molecule has 1 aliphatic heterocycles. The smallest absolute Gasteiger partial charge is 0.351 e. The molecule has 1 aromatic rings. The van der Waals surface area contributed by atoms with Crippen molar-refractivity contribution in [2.75, 3.05) is 24.7 Å². The van der Waals surface area contributed by atoms with E-state index in [1.165, 1.54) is 13.0 Å². The topological polar surface area (TPSA) is 164 Å². The van der Waals surface area contributed by atoms with Crippen LogP contribution in [0.3, 0.4) is 0 Å². The number of nitrogen functional groups attached to an aromatic ring is 1. The van der Waals surface area contributed by atoms with Gasteiger partial charge in [0.05, 0.1) is 19.3 Å². The molecule has 17 heteroatoms. The molecule has 0 amide bonds. The van der Waals surface area contributed by atoms with Crippen LogP contribution in [0.4, 0.5) is 10.2 Å². The summed E-state index contributed by atoms with van der Waals surface area (Å²) in [7, 11) is 0. The number of carbonyl (C=O) groups is 2. The Morgan fingerprint density at radius 3 is 2.62 bits per heavy atom. The first-order chi connectivity index (χ1) is 17.9. The van der Waals surface area contributed by atoms with Gasteiger partial charge in [-0.3, -0.25) is 14.2 Å². The van der Waals surface area contributed by atoms with Crippen LogP contribution in [0, 0.1) is 5.41 Å². The van der Waals surface area contributed by atoms with E-state index in [4.69, 9.17) is 47.7 Å². The van der Waals surface area contributed by atoms with Crippen LogP contribution in [-0.2, 0) is 39.9 Å². The van der Waals surface area contributed by atoms with Crippen LogP contribution in [0.1, 0.15) is 47.8 Å². The van der Waals surface area contributed by atoms with Gasteiger partial charge in [0, 0.05) is 17.4 Å². The van der Waals surface area contributed by atoms with Gasteiger partial charge in [-0.15, -0.1) is 0 Å². The Balaban J connectivity index is 2.16. The van der Waals surface area contributed by atoms with E-state index in [9.17, 15) is 19.5 Å². The van der Waals surface area contributed by atoms with E-state index in [2.05, 4.69) is 10.1 Å². The second kappa shape index (κ2) is 13.7. The van der Waals surface area contributed by atoms with Gasteiger partial charge >= 0.3 is 11.7 Å². The number of esters is 1. The highest BCUT2D eigenvalue weighted by atomic mass is 35.5. The predicted octanol–water partition coefficient (Wildman–Crippen LogP) is 2.48. The molecular weight excluding hydrogens is 598 g/mol. The zero-order valence-electron chi connectivity index (χ0n) is 22.5. The van der Waals surface area contributed by atoms with Gasteiger partial charge in [-0.1, -0.05) is 44.1 Å². The van der Waals surface area contributed by atoms with Crippen LogP contribution in [-0.4, -0.2) is 74.2 Å². The van der Waals surface area contributed by atoms with Crippen LogP contribution >= 0.6 is 30.0 Å². The quantitative estimate of drug-likeness (QED) is 0.133. The minimum Gasteiger partial charge on any atom is -0.462 e. The Bertz CT molecular complexity index is 1140. The van der Waals surface area contributed by atoms with Gasteiger partial charge in [0.2, 0.25) is 0 Å². The highest BCUT2D eigenvalue weighted by Gasteiger charge is 2.58. The van der Waals surface area contributed by atoms with Crippen molar-refractivity contribution in [3.8, 4) is 0 Å². The fraction of sp³-hybridized carbons (Fsp3) is 0.727. The molecule has 1 aromatic heterocycles. The second-order valence-electron chi connectivity index (χ2n) is 10.0. The molecule has 1 fully saturated rings. The summed E-state index contributed by atoms with van der Waals surface area (Å²) < 4.78 is 38.3. The second-order valence-corrected chi connectivity index (χ2v) is 14.9. The zero-order chi connectivity index (χ0) is 29.8. The van der Waals surface area contributed by atoms with Crippen LogP contribution in [0.5, 0.6) is 0 Å². The third-order valence-electron chi connectivity index (χ3n) is 5.14. The number of nitrogens with one attached hydrogen (secondary N) is 1. The molecule has 12 nitrogen and oxygen atoms in total. The van der Waals surface area contributed by atoms with Crippen molar-refractivity contribution >= 4 is 58.7 Å². The molecule has 0 spiro atoms. The number of aliphatic hydroxyl groups is 1. The average molecular weight is 633 g/mol. The van der Waals surface area contributed by atoms with Crippen molar-refractivity contribution in [1.29, 1.82) is 0 Å². The summed E-state index contributed by atoms with van der Waals surface area (Å²) in [4.78, 5) is 40.3. The van der Waals surface area contributed by atoms with Crippen LogP contribution in [0.15, 0.2) is 17.1 Å². The van der Waals surface area contributed by atoms with Crippen molar-refractivity contribution in [2.24, 2.45) is 5.41 Å². The molecule has 0 radical (unpaired) electrons. The number of anilines is 1. The summed E-state index contributed by atoms with van der Waals surface area (Å²) >= 11 is 12.6. The largest absolute Gasteiger partial charge is 0.462 e. The van der Waals surface area contributed by atoms with E-state index in [1.807, 2.05) is 0 Å². The number of hydrogen-bond acceptors (Lipinski definition) is 12. The third-order valence-corrected chi connectivity index (χ3v) is 9.46. The van der Waals surface area contributed by atoms with Gasteiger partial charge in [0.1, 0.15) is 24.1 Å². The lowest BCUT2D eigenvalue weighted by atomic mass is 10.00. The number of rotatable bonds is 12. The predicted molar refractivity (Wildman–Crippen MR) is 149 cm³/mol. The number of ether oxygens (including phenoxy) is 2. The molecule has 6 atom stereocenters. The summed E-state index contributed by atoms with van der Waals surface area (Å²) in [5, 5.41) is 10.4. The third kappa shape index (κ3) is 9.44. The van der Waals surface area contributed by atoms with Gasteiger partial charge in [0.15, 0.2) is 11.3 Å². The van der Waals surface area contributed by atoms with E-state index in [0.717, 1.165) is 22.5 Å². The summed E-state index contributed by atoms with van der Waals surface area (Å²) in [5.41, 5.74) is 3.99. The highest BCUT2D eigenvalue weighted by molar-refractivity contribution is 8.13. The molecule has 1 aliphatic rings. The number of nitrogens with two attached hydrogens (primary N) is 1. The summed E-state index contributed by atoms with van der Waals surface area (Å²) in [6.07, 6.45) is -4.33. The normalized spacial score (nSPS) is 25.8. The first-order valence-electron chi connectivity index (χ1n) is 12.0.